The lowest BCUT2D eigenvalue weighted by molar-refractivity contribution is -0.128. The summed E-state index contributed by atoms with van der Waals surface area (Å²) >= 11 is 0. The molecule has 0 spiro atoms. The maximum atomic E-state index is 11.9. The van der Waals surface area contributed by atoms with E-state index in [1.165, 1.54) is 0 Å². The molecule has 0 saturated heterocycles. The summed E-state index contributed by atoms with van der Waals surface area (Å²) in [7, 11) is 3.76. The number of halogens is 3. The summed E-state index contributed by atoms with van der Waals surface area (Å²) in [6, 6.07) is -0.0693. The molecule has 108 valence electrons. The Labute approximate surface area is 106 Å². The minimum absolute atomic E-state index is 0.0693. The molecule has 0 aromatic carbocycles. The largest absolute Gasteiger partial charge is 0.401 e. The van der Waals surface area contributed by atoms with Crippen LogP contribution in [0.1, 0.15) is 13.8 Å². The lowest BCUT2D eigenvalue weighted by atomic mass is 10.0. The van der Waals surface area contributed by atoms with Crippen LogP contribution in [0.15, 0.2) is 0 Å². The first-order valence-electron chi connectivity index (χ1n) is 5.83. The van der Waals surface area contributed by atoms with Crippen LogP contribution in [0.4, 0.5) is 13.2 Å². The van der Waals surface area contributed by atoms with Crippen molar-refractivity contribution in [2.24, 2.45) is 5.92 Å². The van der Waals surface area contributed by atoms with E-state index in [1.807, 2.05) is 32.8 Å². The second-order valence-corrected chi connectivity index (χ2v) is 4.90. The standard InChI is InChI=1S/C11H22F3N3O/c1-8(2)9(6-17(3)4)16-10(18)5-15-7-11(12,13)14/h8-9,15H,5-7H2,1-4H3,(H,16,18). The quantitative estimate of drug-likeness (QED) is 0.720. The fourth-order valence-corrected chi connectivity index (χ4v) is 1.39. The Kier molecular flexibility index (Phi) is 7.23. The minimum Gasteiger partial charge on any atom is -0.351 e. The van der Waals surface area contributed by atoms with Crippen molar-refractivity contribution in [3.05, 3.63) is 0 Å². The Morgan fingerprint density at radius 1 is 1.28 bits per heavy atom. The van der Waals surface area contributed by atoms with Crippen molar-refractivity contribution in [1.82, 2.24) is 15.5 Å². The van der Waals surface area contributed by atoms with Crippen LogP contribution in [0.5, 0.6) is 0 Å². The van der Waals surface area contributed by atoms with Crippen molar-refractivity contribution >= 4 is 5.91 Å². The zero-order chi connectivity index (χ0) is 14.3. The second-order valence-electron chi connectivity index (χ2n) is 4.90. The summed E-state index contributed by atoms with van der Waals surface area (Å²) in [5, 5.41) is 4.80. The van der Waals surface area contributed by atoms with E-state index in [1.54, 1.807) is 0 Å². The molecular weight excluding hydrogens is 247 g/mol. The van der Waals surface area contributed by atoms with Gasteiger partial charge in [-0.15, -0.1) is 0 Å². The molecule has 0 aromatic heterocycles. The van der Waals surface area contributed by atoms with Gasteiger partial charge < -0.3 is 15.5 Å². The van der Waals surface area contributed by atoms with E-state index in [4.69, 9.17) is 0 Å². The van der Waals surface area contributed by atoms with Gasteiger partial charge in [-0.05, 0) is 20.0 Å². The maximum Gasteiger partial charge on any atom is 0.401 e. The first kappa shape index (κ1) is 17.2. The van der Waals surface area contributed by atoms with Crippen LogP contribution in [0, 0.1) is 5.92 Å². The molecule has 0 fully saturated rings. The monoisotopic (exact) mass is 269 g/mol. The number of carbonyl (C=O) groups excluding carboxylic acids is 1. The van der Waals surface area contributed by atoms with Gasteiger partial charge in [-0.25, -0.2) is 0 Å². The Balaban J connectivity index is 4.03. The number of carbonyl (C=O) groups is 1. The van der Waals surface area contributed by atoms with Gasteiger partial charge in [-0.1, -0.05) is 13.8 Å². The highest BCUT2D eigenvalue weighted by Crippen LogP contribution is 2.11. The van der Waals surface area contributed by atoms with Gasteiger partial charge in [0.25, 0.3) is 0 Å². The van der Waals surface area contributed by atoms with Crippen molar-refractivity contribution in [2.75, 3.05) is 33.7 Å². The minimum atomic E-state index is -4.29. The average molecular weight is 269 g/mol. The van der Waals surface area contributed by atoms with Gasteiger partial charge in [0.05, 0.1) is 13.1 Å². The fraction of sp³-hybridized carbons (Fsp3) is 0.909. The molecule has 0 saturated carbocycles. The Morgan fingerprint density at radius 3 is 2.22 bits per heavy atom. The summed E-state index contributed by atoms with van der Waals surface area (Å²) in [6.07, 6.45) is -4.29. The molecule has 1 atom stereocenters. The van der Waals surface area contributed by atoms with Crippen LogP contribution in [-0.2, 0) is 4.79 Å². The highest BCUT2D eigenvalue weighted by atomic mass is 19.4. The number of alkyl halides is 3. The molecule has 0 aromatic rings. The van der Waals surface area contributed by atoms with E-state index in [0.717, 1.165) is 0 Å². The third-order valence-corrected chi connectivity index (χ3v) is 2.32. The summed E-state index contributed by atoms with van der Waals surface area (Å²) < 4.78 is 35.6. The highest BCUT2D eigenvalue weighted by molar-refractivity contribution is 5.78. The van der Waals surface area contributed by atoms with E-state index < -0.39 is 18.6 Å². The van der Waals surface area contributed by atoms with Crippen molar-refractivity contribution in [2.45, 2.75) is 26.1 Å². The van der Waals surface area contributed by atoms with Crippen LogP contribution in [-0.4, -0.2) is 56.8 Å². The van der Waals surface area contributed by atoms with Crippen molar-refractivity contribution in [3.63, 3.8) is 0 Å². The van der Waals surface area contributed by atoms with Gasteiger partial charge in [0.15, 0.2) is 0 Å². The predicted octanol–water partition coefficient (Wildman–Crippen LogP) is 0.841. The van der Waals surface area contributed by atoms with Crippen molar-refractivity contribution in [3.8, 4) is 0 Å². The third-order valence-electron chi connectivity index (χ3n) is 2.32. The average Bonchev–Trinajstić information content (AvgIpc) is 2.13. The lowest BCUT2D eigenvalue weighted by Gasteiger charge is -2.25. The number of rotatable bonds is 7. The first-order chi connectivity index (χ1) is 8.11. The third kappa shape index (κ3) is 9.23. The molecule has 0 aliphatic rings. The molecule has 0 radical (unpaired) electrons. The molecule has 0 aliphatic carbocycles. The van der Waals surface area contributed by atoms with Crippen LogP contribution in [0.25, 0.3) is 0 Å². The summed E-state index contributed by atoms with van der Waals surface area (Å²) in [5.74, 6) is -0.196. The van der Waals surface area contributed by atoms with E-state index in [-0.39, 0.29) is 18.5 Å². The number of nitrogens with zero attached hydrogens (tertiary/aromatic N) is 1. The molecule has 18 heavy (non-hydrogen) atoms. The van der Waals surface area contributed by atoms with Gasteiger partial charge in [0.2, 0.25) is 5.91 Å². The van der Waals surface area contributed by atoms with Gasteiger partial charge in [-0.2, -0.15) is 13.2 Å². The van der Waals surface area contributed by atoms with Gasteiger partial charge in [0, 0.05) is 12.6 Å². The number of hydrogen-bond donors (Lipinski definition) is 2. The highest BCUT2D eigenvalue weighted by Gasteiger charge is 2.26. The molecule has 1 amide bonds. The Bertz CT molecular complexity index is 254. The second kappa shape index (κ2) is 7.58. The van der Waals surface area contributed by atoms with E-state index in [9.17, 15) is 18.0 Å². The molecule has 0 aliphatic heterocycles. The molecule has 4 nitrogen and oxygen atoms in total. The van der Waals surface area contributed by atoms with E-state index in [2.05, 4.69) is 10.6 Å². The number of hydrogen-bond acceptors (Lipinski definition) is 3. The Hall–Kier alpha value is -0.820. The van der Waals surface area contributed by atoms with Crippen molar-refractivity contribution in [1.29, 1.82) is 0 Å². The van der Waals surface area contributed by atoms with E-state index in [0.29, 0.717) is 6.54 Å². The zero-order valence-corrected chi connectivity index (χ0v) is 11.3. The smallest absolute Gasteiger partial charge is 0.351 e. The normalized spacial score (nSPS) is 14.1. The predicted molar refractivity (Wildman–Crippen MR) is 64.2 cm³/mol. The lowest BCUT2D eigenvalue weighted by Crippen LogP contribution is -2.48. The van der Waals surface area contributed by atoms with Crippen molar-refractivity contribution < 1.29 is 18.0 Å². The number of amides is 1. The summed E-state index contributed by atoms with van der Waals surface area (Å²) in [6.45, 7) is 3.09. The molecule has 7 heteroatoms. The Morgan fingerprint density at radius 2 is 1.83 bits per heavy atom. The van der Waals surface area contributed by atoms with E-state index >= 15 is 0 Å². The van der Waals surface area contributed by atoms with Gasteiger partial charge in [0.1, 0.15) is 0 Å². The zero-order valence-electron chi connectivity index (χ0n) is 11.3. The van der Waals surface area contributed by atoms with Gasteiger partial charge >= 0.3 is 6.18 Å². The van der Waals surface area contributed by atoms with Crippen LogP contribution in [0.3, 0.4) is 0 Å². The molecule has 0 rings (SSSR count). The first-order valence-corrected chi connectivity index (χ1v) is 5.83. The maximum absolute atomic E-state index is 11.9. The molecule has 1 unspecified atom stereocenters. The van der Waals surface area contributed by atoms with Crippen LogP contribution < -0.4 is 10.6 Å². The fourth-order valence-electron chi connectivity index (χ4n) is 1.39. The summed E-state index contributed by atoms with van der Waals surface area (Å²) in [4.78, 5) is 13.4. The topological polar surface area (TPSA) is 44.4 Å². The molecule has 0 heterocycles. The molecular formula is C11H22F3N3O. The number of likely N-dealkylation sites (N-methyl/N-ethyl adjacent to an activating group) is 1. The SMILES string of the molecule is CC(C)C(CN(C)C)NC(=O)CNCC(F)(F)F. The molecule has 0 bridgehead atoms. The van der Waals surface area contributed by atoms with Crippen LogP contribution in [0.2, 0.25) is 0 Å². The number of nitrogens with one attached hydrogen (secondary N) is 2. The molecule has 2 N–H and O–H groups in total. The van der Waals surface area contributed by atoms with Crippen LogP contribution >= 0.6 is 0 Å². The van der Waals surface area contributed by atoms with Gasteiger partial charge in [-0.3, -0.25) is 4.79 Å². The summed E-state index contributed by atoms with van der Waals surface area (Å²) in [5.41, 5.74) is 0.